The number of rotatable bonds is 6. The summed E-state index contributed by atoms with van der Waals surface area (Å²) in [5.74, 6) is -0.176. The molecule has 5 nitrogen and oxygen atoms in total. The van der Waals surface area contributed by atoms with Gasteiger partial charge in [0.05, 0.1) is 10.5 Å². The normalized spacial score (nSPS) is 21.7. The van der Waals surface area contributed by atoms with Crippen LogP contribution in [0, 0.1) is 5.92 Å². The SMILES string of the molecule is CC(C)(C)S(=O)(=O)CCN1CCC(CCC(=O)O)C1. The third-order valence-electron chi connectivity index (χ3n) is 3.75. The van der Waals surface area contributed by atoms with E-state index in [0.717, 1.165) is 19.5 Å². The van der Waals surface area contributed by atoms with Crippen molar-refractivity contribution in [1.82, 2.24) is 4.90 Å². The lowest BCUT2D eigenvalue weighted by molar-refractivity contribution is -0.137. The molecular weight excluding hydrogens is 266 g/mol. The number of nitrogens with zero attached hydrogens (tertiary/aromatic N) is 1. The first kappa shape index (κ1) is 16.4. The molecule has 112 valence electrons. The summed E-state index contributed by atoms with van der Waals surface area (Å²) < 4.78 is 23.3. The second-order valence-corrected chi connectivity index (χ2v) is 9.18. The Bertz CT molecular complexity index is 411. The van der Waals surface area contributed by atoms with Gasteiger partial charge in [0, 0.05) is 19.5 Å². The van der Waals surface area contributed by atoms with Crippen LogP contribution >= 0.6 is 0 Å². The molecule has 0 aromatic rings. The number of hydrogen-bond donors (Lipinski definition) is 1. The molecule has 0 aromatic heterocycles. The lowest BCUT2D eigenvalue weighted by atomic mass is 10.0. The fourth-order valence-electron chi connectivity index (χ4n) is 2.23. The van der Waals surface area contributed by atoms with E-state index >= 15 is 0 Å². The van der Waals surface area contributed by atoms with Gasteiger partial charge in [-0.1, -0.05) is 0 Å². The summed E-state index contributed by atoms with van der Waals surface area (Å²) in [6.45, 7) is 7.44. The highest BCUT2D eigenvalue weighted by atomic mass is 32.2. The zero-order chi connectivity index (χ0) is 14.7. The molecule has 0 radical (unpaired) electrons. The number of sulfone groups is 1. The largest absolute Gasteiger partial charge is 0.481 e. The molecule has 0 amide bonds. The molecule has 6 heteroatoms. The van der Waals surface area contributed by atoms with Crippen molar-refractivity contribution in [3.63, 3.8) is 0 Å². The minimum absolute atomic E-state index is 0.183. The van der Waals surface area contributed by atoms with Gasteiger partial charge in [-0.15, -0.1) is 0 Å². The number of aliphatic carboxylic acids is 1. The molecule has 19 heavy (non-hydrogen) atoms. The fraction of sp³-hybridized carbons (Fsp3) is 0.923. The maximum absolute atomic E-state index is 12.0. The van der Waals surface area contributed by atoms with Gasteiger partial charge in [-0.3, -0.25) is 4.79 Å². The van der Waals surface area contributed by atoms with E-state index in [0.29, 0.717) is 18.9 Å². The molecule has 0 bridgehead atoms. The van der Waals surface area contributed by atoms with Crippen molar-refractivity contribution < 1.29 is 18.3 Å². The Balaban J connectivity index is 2.35. The average Bonchev–Trinajstić information content (AvgIpc) is 2.70. The smallest absolute Gasteiger partial charge is 0.303 e. The Hall–Kier alpha value is -0.620. The van der Waals surface area contributed by atoms with Crippen molar-refractivity contribution in [3.8, 4) is 0 Å². The molecule has 0 aromatic carbocycles. The van der Waals surface area contributed by atoms with Crippen molar-refractivity contribution in [1.29, 1.82) is 0 Å². The van der Waals surface area contributed by atoms with Gasteiger partial charge in [0.2, 0.25) is 0 Å². The van der Waals surface area contributed by atoms with Gasteiger partial charge < -0.3 is 10.0 Å². The van der Waals surface area contributed by atoms with Crippen LogP contribution in [0.5, 0.6) is 0 Å². The molecule has 1 atom stereocenters. The zero-order valence-corrected chi connectivity index (χ0v) is 12.9. The van der Waals surface area contributed by atoms with Crippen LogP contribution in [0.25, 0.3) is 0 Å². The first-order valence-corrected chi connectivity index (χ1v) is 8.43. The molecule has 1 rings (SSSR count). The second kappa shape index (κ2) is 6.22. The zero-order valence-electron chi connectivity index (χ0n) is 12.1. The van der Waals surface area contributed by atoms with Crippen LogP contribution in [-0.4, -0.2) is 54.5 Å². The number of carboxylic acid groups (broad SMARTS) is 1. The van der Waals surface area contributed by atoms with E-state index in [4.69, 9.17) is 5.11 Å². The topological polar surface area (TPSA) is 74.7 Å². The third kappa shape index (κ3) is 5.10. The Morgan fingerprint density at radius 3 is 2.53 bits per heavy atom. The van der Waals surface area contributed by atoms with Crippen molar-refractivity contribution in [2.24, 2.45) is 5.92 Å². The maximum Gasteiger partial charge on any atom is 0.303 e. The molecule has 1 fully saturated rings. The van der Waals surface area contributed by atoms with E-state index in [9.17, 15) is 13.2 Å². The standard InChI is InChI=1S/C13H25NO4S/c1-13(2,3)19(17,18)9-8-14-7-6-11(10-14)4-5-12(15)16/h11H,4-10H2,1-3H3,(H,15,16). The summed E-state index contributed by atoms with van der Waals surface area (Å²) in [7, 11) is -3.06. The van der Waals surface area contributed by atoms with Gasteiger partial charge in [0.25, 0.3) is 0 Å². The van der Waals surface area contributed by atoms with E-state index in [2.05, 4.69) is 4.90 Å². The lowest BCUT2D eigenvalue weighted by Crippen LogP contribution is -2.36. The van der Waals surface area contributed by atoms with Crippen LogP contribution in [0.4, 0.5) is 0 Å². The maximum atomic E-state index is 12.0. The summed E-state index contributed by atoms with van der Waals surface area (Å²) in [6, 6.07) is 0. The highest BCUT2D eigenvalue weighted by Crippen LogP contribution is 2.22. The van der Waals surface area contributed by atoms with Crippen LogP contribution in [0.15, 0.2) is 0 Å². The minimum Gasteiger partial charge on any atom is -0.481 e. The van der Waals surface area contributed by atoms with Crippen molar-refractivity contribution >= 4 is 15.8 Å². The average molecular weight is 291 g/mol. The van der Waals surface area contributed by atoms with Crippen LogP contribution in [0.3, 0.4) is 0 Å². The second-order valence-electron chi connectivity index (χ2n) is 6.32. The van der Waals surface area contributed by atoms with Gasteiger partial charge in [0.1, 0.15) is 0 Å². The van der Waals surface area contributed by atoms with Gasteiger partial charge in [-0.2, -0.15) is 0 Å². The summed E-state index contributed by atoms with van der Waals surface area (Å²) in [5.41, 5.74) is 0. The Morgan fingerprint density at radius 1 is 1.37 bits per heavy atom. The molecule has 0 aliphatic carbocycles. The van der Waals surface area contributed by atoms with E-state index in [1.54, 1.807) is 20.8 Å². The third-order valence-corrected chi connectivity index (χ3v) is 6.33. The van der Waals surface area contributed by atoms with Crippen LogP contribution in [0.1, 0.15) is 40.0 Å². The minimum atomic E-state index is -3.06. The van der Waals surface area contributed by atoms with Crippen LogP contribution in [0.2, 0.25) is 0 Å². The van der Waals surface area contributed by atoms with E-state index in [-0.39, 0.29) is 12.2 Å². The number of hydrogen-bond acceptors (Lipinski definition) is 4. The first-order chi connectivity index (χ1) is 8.62. The van der Waals surface area contributed by atoms with Gasteiger partial charge in [0.15, 0.2) is 9.84 Å². The molecule has 1 unspecified atom stereocenters. The van der Waals surface area contributed by atoms with Gasteiger partial charge in [-0.25, -0.2) is 8.42 Å². The van der Waals surface area contributed by atoms with Crippen LogP contribution in [-0.2, 0) is 14.6 Å². The highest BCUT2D eigenvalue weighted by Gasteiger charge is 2.30. The lowest BCUT2D eigenvalue weighted by Gasteiger charge is -2.22. The van der Waals surface area contributed by atoms with E-state index in [1.807, 2.05) is 0 Å². The molecule has 1 N–H and O–H groups in total. The molecular formula is C13H25NO4S. The molecule has 1 saturated heterocycles. The van der Waals surface area contributed by atoms with Crippen molar-refractivity contribution in [2.45, 2.75) is 44.8 Å². The Morgan fingerprint density at radius 2 is 2.00 bits per heavy atom. The van der Waals surface area contributed by atoms with Crippen molar-refractivity contribution in [3.05, 3.63) is 0 Å². The van der Waals surface area contributed by atoms with Gasteiger partial charge in [-0.05, 0) is 46.1 Å². The number of likely N-dealkylation sites (tertiary alicyclic amines) is 1. The predicted octanol–water partition coefficient (Wildman–Crippen LogP) is 1.39. The highest BCUT2D eigenvalue weighted by molar-refractivity contribution is 7.92. The van der Waals surface area contributed by atoms with Crippen molar-refractivity contribution in [2.75, 3.05) is 25.4 Å². The molecule has 1 aliphatic rings. The van der Waals surface area contributed by atoms with E-state index in [1.165, 1.54) is 0 Å². The molecule has 0 spiro atoms. The monoisotopic (exact) mass is 291 g/mol. The first-order valence-electron chi connectivity index (χ1n) is 6.78. The molecule has 0 saturated carbocycles. The molecule has 1 aliphatic heterocycles. The predicted molar refractivity (Wildman–Crippen MR) is 75.0 cm³/mol. The molecule has 1 heterocycles. The van der Waals surface area contributed by atoms with Crippen LogP contribution < -0.4 is 0 Å². The number of carbonyl (C=O) groups is 1. The Kier molecular flexibility index (Phi) is 5.38. The van der Waals surface area contributed by atoms with Gasteiger partial charge >= 0.3 is 5.97 Å². The quantitative estimate of drug-likeness (QED) is 0.800. The summed E-state index contributed by atoms with van der Waals surface area (Å²) in [5, 5.41) is 8.65. The fourth-order valence-corrected chi connectivity index (χ4v) is 3.35. The Labute approximate surface area is 115 Å². The number of carboxylic acids is 1. The summed E-state index contributed by atoms with van der Waals surface area (Å²) in [4.78, 5) is 12.6. The summed E-state index contributed by atoms with van der Waals surface area (Å²) in [6.07, 6.45) is 1.87. The van der Waals surface area contributed by atoms with E-state index < -0.39 is 20.6 Å². The summed E-state index contributed by atoms with van der Waals surface area (Å²) >= 11 is 0.